The molecule has 0 bridgehead atoms. The van der Waals surface area contributed by atoms with E-state index in [4.69, 9.17) is 14.2 Å². The molecule has 3 atom stereocenters. The van der Waals surface area contributed by atoms with Crippen molar-refractivity contribution in [3.8, 4) is 0 Å². The molecule has 224 valence electrons. The molecule has 0 fully saturated rings. The minimum absolute atomic E-state index is 0.256. The van der Waals surface area contributed by atoms with E-state index in [1.54, 1.807) is 4.90 Å². The number of ether oxygens (including phenoxy) is 3. The van der Waals surface area contributed by atoms with Gasteiger partial charge in [0.15, 0.2) is 0 Å². The van der Waals surface area contributed by atoms with Crippen LogP contribution in [0.4, 0.5) is 4.79 Å². The highest BCUT2D eigenvalue weighted by atomic mass is 16.6. The lowest BCUT2D eigenvalue weighted by Crippen LogP contribution is -2.43. The molecular weight excluding hydrogens is 532 g/mol. The van der Waals surface area contributed by atoms with Crippen LogP contribution < -0.4 is 0 Å². The average Bonchev–Trinajstić information content (AvgIpc) is 2.98. The van der Waals surface area contributed by atoms with E-state index in [1.807, 2.05) is 112 Å². The van der Waals surface area contributed by atoms with Crippen molar-refractivity contribution < 1.29 is 24.1 Å². The highest BCUT2D eigenvalue weighted by Crippen LogP contribution is 2.22. The molecule has 0 unspecified atom stereocenters. The minimum Gasteiger partial charge on any atom is -0.444 e. The van der Waals surface area contributed by atoms with Gasteiger partial charge in [0.25, 0.3) is 0 Å². The number of hydrogen-bond donors (Lipinski definition) is 1. The lowest BCUT2D eigenvalue weighted by Gasteiger charge is -2.32. The highest BCUT2D eigenvalue weighted by Gasteiger charge is 2.31. The van der Waals surface area contributed by atoms with Crippen LogP contribution in [0.3, 0.4) is 0 Å². The maximum atomic E-state index is 13.1. The van der Waals surface area contributed by atoms with E-state index >= 15 is 0 Å². The number of aliphatic hydroxyl groups excluding tert-OH is 1. The highest BCUT2D eigenvalue weighted by molar-refractivity contribution is 5.68. The van der Waals surface area contributed by atoms with Crippen molar-refractivity contribution in [2.75, 3.05) is 13.2 Å². The summed E-state index contributed by atoms with van der Waals surface area (Å²) < 4.78 is 18.1. The number of carbonyl (C=O) groups excluding carboxylic acids is 1. The van der Waals surface area contributed by atoms with Crippen LogP contribution in [-0.4, -0.2) is 53.1 Å². The van der Waals surface area contributed by atoms with Crippen LogP contribution in [-0.2, 0) is 34.0 Å². The van der Waals surface area contributed by atoms with Crippen molar-refractivity contribution >= 4 is 6.09 Å². The van der Waals surface area contributed by atoms with Gasteiger partial charge >= 0.3 is 6.09 Å². The number of nitrogens with zero attached hydrogens (tertiary/aromatic N) is 4. The molecule has 0 aliphatic rings. The van der Waals surface area contributed by atoms with E-state index in [-0.39, 0.29) is 19.8 Å². The van der Waals surface area contributed by atoms with Crippen molar-refractivity contribution in [1.29, 1.82) is 0 Å². The van der Waals surface area contributed by atoms with Gasteiger partial charge in [0, 0.05) is 18.0 Å². The second-order valence-electron chi connectivity index (χ2n) is 11.1. The molecule has 1 amide bonds. The molecule has 3 rings (SSSR count). The number of hydrogen-bond acceptors (Lipinski definition) is 6. The Morgan fingerprint density at radius 1 is 0.881 bits per heavy atom. The average molecular weight is 575 g/mol. The molecule has 0 saturated carbocycles. The van der Waals surface area contributed by atoms with Gasteiger partial charge in [-0.05, 0) is 55.8 Å². The third kappa shape index (κ3) is 11.5. The number of amides is 1. The molecule has 0 heterocycles. The Kier molecular flexibility index (Phi) is 13.3. The Bertz CT molecular complexity index is 1230. The number of benzene rings is 3. The molecule has 0 saturated heterocycles. The normalized spacial score (nSPS) is 13.4. The van der Waals surface area contributed by atoms with Crippen molar-refractivity contribution in [1.82, 2.24) is 4.90 Å². The topological polar surface area (TPSA) is 117 Å². The first kappa shape index (κ1) is 32.6. The molecule has 42 heavy (non-hydrogen) atoms. The van der Waals surface area contributed by atoms with Gasteiger partial charge in [0.05, 0.1) is 32.0 Å². The van der Waals surface area contributed by atoms with E-state index in [2.05, 4.69) is 10.0 Å². The largest absolute Gasteiger partial charge is 0.444 e. The third-order valence-electron chi connectivity index (χ3n) is 6.51. The molecule has 0 aromatic heterocycles. The SMILES string of the molecule is CC(C)(C)OC(=O)N(CCC[C@H](N=[N+]=[N-])[C@@H](OCc1ccccc1)[C@H](CO)OCc1ccccc1)Cc1ccccc1. The predicted molar refractivity (Wildman–Crippen MR) is 162 cm³/mol. The number of aliphatic hydroxyl groups is 1. The van der Waals surface area contributed by atoms with Gasteiger partial charge in [0.1, 0.15) is 11.7 Å². The standard InChI is InChI=1S/C33H42N4O5/c1-33(2,3)42-32(39)37(22-26-14-7-4-8-15-26)21-13-20-29(35-36-34)31(41-25-28-18-11-6-12-19-28)30(23-38)40-24-27-16-9-5-10-17-27/h4-12,14-19,29-31,38H,13,20-25H2,1-3H3/t29-,30-,31+/m0/s1. The van der Waals surface area contributed by atoms with Gasteiger partial charge in [-0.3, -0.25) is 0 Å². The zero-order chi connectivity index (χ0) is 30.2. The maximum Gasteiger partial charge on any atom is 0.410 e. The van der Waals surface area contributed by atoms with Crippen LogP contribution in [0, 0.1) is 0 Å². The van der Waals surface area contributed by atoms with Gasteiger partial charge in [-0.2, -0.15) is 0 Å². The smallest absolute Gasteiger partial charge is 0.410 e. The summed E-state index contributed by atoms with van der Waals surface area (Å²) in [6.07, 6.45) is -0.960. The maximum absolute atomic E-state index is 13.1. The van der Waals surface area contributed by atoms with Crippen molar-refractivity contribution in [2.45, 2.75) is 77.2 Å². The summed E-state index contributed by atoms with van der Waals surface area (Å²) in [5.41, 5.74) is 11.7. The lowest BCUT2D eigenvalue weighted by atomic mass is 10.0. The first-order valence-corrected chi connectivity index (χ1v) is 14.3. The number of carbonyl (C=O) groups is 1. The molecule has 0 radical (unpaired) electrons. The summed E-state index contributed by atoms with van der Waals surface area (Å²) in [5.74, 6) is 0. The first-order chi connectivity index (χ1) is 20.3. The summed E-state index contributed by atoms with van der Waals surface area (Å²) in [5, 5.41) is 14.4. The fourth-order valence-electron chi connectivity index (χ4n) is 4.47. The van der Waals surface area contributed by atoms with Crippen molar-refractivity contribution in [2.24, 2.45) is 5.11 Å². The van der Waals surface area contributed by atoms with Gasteiger partial charge in [0.2, 0.25) is 0 Å². The van der Waals surface area contributed by atoms with Crippen molar-refractivity contribution in [3.63, 3.8) is 0 Å². The summed E-state index contributed by atoms with van der Waals surface area (Å²) in [6.45, 7) is 6.47. The van der Waals surface area contributed by atoms with Gasteiger partial charge in [-0.15, -0.1) is 0 Å². The third-order valence-corrected chi connectivity index (χ3v) is 6.51. The Morgan fingerprint density at radius 3 is 1.90 bits per heavy atom. The summed E-state index contributed by atoms with van der Waals surface area (Å²) in [4.78, 5) is 17.8. The van der Waals surface area contributed by atoms with Crippen LogP contribution in [0.2, 0.25) is 0 Å². The Morgan fingerprint density at radius 2 is 1.40 bits per heavy atom. The van der Waals surface area contributed by atoms with Crippen LogP contribution in [0.25, 0.3) is 10.4 Å². The monoisotopic (exact) mass is 574 g/mol. The number of rotatable bonds is 16. The first-order valence-electron chi connectivity index (χ1n) is 14.3. The Hall–Kier alpha value is -3.88. The Labute approximate surface area is 248 Å². The molecule has 9 heteroatoms. The van der Waals surface area contributed by atoms with E-state index in [9.17, 15) is 15.4 Å². The van der Waals surface area contributed by atoms with Crippen LogP contribution in [0.15, 0.2) is 96.1 Å². The molecule has 0 spiro atoms. The second-order valence-corrected chi connectivity index (χ2v) is 11.1. The van der Waals surface area contributed by atoms with E-state index < -0.39 is 29.9 Å². The zero-order valence-electron chi connectivity index (χ0n) is 24.7. The minimum atomic E-state index is -0.740. The molecular formula is C33H42N4O5. The van der Waals surface area contributed by atoms with Gasteiger partial charge in [-0.25, -0.2) is 4.79 Å². The number of azide groups is 1. The lowest BCUT2D eigenvalue weighted by molar-refractivity contribution is -0.113. The van der Waals surface area contributed by atoms with Crippen molar-refractivity contribution in [3.05, 3.63) is 118 Å². The van der Waals surface area contributed by atoms with E-state index in [1.165, 1.54) is 0 Å². The predicted octanol–water partition coefficient (Wildman–Crippen LogP) is 7.05. The van der Waals surface area contributed by atoms with E-state index in [0.29, 0.717) is 25.9 Å². The summed E-state index contributed by atoms with van der Waals surface area (Å²) in [6, 6.07) is 28.4. The van der Waals surface area contributed by atoms with Gasteiger partial charge in [-0.1, -0.05) is 96.1 Å². The summed E-state index contributed by atoms with van der Waals surface area (Å²) in [7, 11) is 0. The molecule has 3 aromatic carbocycles. The summed E-state index contributed by atoms with van der Waals surface area (Å²) >= 11 is 0. The Balaban J connectivity index is 1.75. The zero-order valence-corrected chi connectivity index (χ0v) is 24.7. The fourth-order valence-corrected chi connectivity index (χ4v) is 4.47. The van der Waals surface area contributed by atoms with E-state index in [0.717, 1.165) is 16.7 Å². The second kappa shape index (κ2) is 17.2. The fraction of sp³-hybridized carbons (Fsp3) is 0.424. The quantitative estimate of drug-likeness (QED) is 0.112. The van der Waals surface area contributed by atoms with Crippen LogP contribution >= 0.6 is 0 Å². The molecule has 3 aromatic rings. The van der Waals surface area contributed by atoms with Crippen LogP contribution in [0.5, 0.6) is 0 Å². The van der Waals surface area contributed by atoms with Crippen LogP contribution in [0.1, 0.15) is 50.3 Å². The molecule has 9 nitrogen and oxygen atoms in total. The van der Waals surface area contributed by atoms with Gasteiger partial charge < -0.3 is 24.2 Å². The molecule has 0 aliphatic carbocycles. The molecule has 0 aliphatic heterocycles. The molecule has 1 N–H and O–H groups in total.